The molecule has 2 fully saturated rings. The van der Waals surface area contributed by atoms with Gasteiger partial charge in [0.15, 0.2) is 0 Å². The quantitative estimate of drug-likeness (QED) is 0.748. The van der Waals surface area contributed by atoms with Crippen molar-refractivity contribution in [3.63, 3.8) is 0 Å². The Morgan fingerprint density at radius 1 is 1.24 bits per heavy atom. The first-order valence-electron chi connectivity index (χ1n) is 5.53. The van der Waals surface area contributed by atoms with E-state index in [1.54, 1.807) is 11.8 Å². The fourth-order valence-electron chi connectivity index (χ4n) is 2.28. The molecule has 0 bridgehead atoms. The third-order valence-electron chi connectivity index (χ3n) is 2.88. The number of carbonyl (C=O) groups is 1. The maximum absolute atomic E-state index is 12.1. The van der Waals surface area contributed by atoms with Crippen LogP contribution in [0.3, 0.4) is 0 Å². The van der Waals surface area contributed by atoms with Crippen molar-refractivity contribution in [2.75, 3.05) is 24.7 Å². The normalized spacial score (nSPS) is 32.6. The van der Waals surface area contributed by atoms with Gasteiger partial charge in [0.2, 0.25) is 5.91 Å². The molecule has 0 aromatic rings. The topological polar surface area (TPSA) is 44.4 Å². The predicted octanol–water partition coefficient (Wildman–Crippen LogP) is 0.701. The number of thioether (sulfide) groups is 1. The highest BCUT2D eigenvalue weighted by molar-refractivity contribution is 7.99. The molecule has 2 N–H and O–H groups in total. The Morgan fingerprint density at radius 3 is 2.29 bits per heavy atom. The van der Waals surface area contributed by atoms with Crippen LogP contribution in [-0.4, -0.2) is 53.7 Å². The summed E-state index contributed by atoms with van der Waals surface area (Å²) in [6, 6.07) is 0.867. The molecule has 0 aromatic carbocycles. The van der Waals surface area contributed by atoms with E-state index in [2.05, 4.69) is 24.5 Å². The zero-order valence-corrected chi connectivity index (χ0v) is 12.6. The third kappa shape index (κ3) is 4.48. The van der Waals surface area contributed by atoms with E-state index < -0.39 is 0 Å². The summed E-state index contributed by atoms with van der Waals surface area (Å²) >= 11 is 1.80. The lowest BCUT2D eigenvalue weighted by molar-refractivity contribution is -0.134. The lowest BCUT2D eigenvalue weighted by atomic mass is 10.1. The van der Waals surface area contributed by atoms with Gasteiger partial charge in [0, 0.05) is 36.8 Å². The molecule has 2 saturated heterocycles. The highest BCUT2D eigenvalue weighted by Gasteiger charge is 2.31. The van der Waals surface area contributed by atoms with Gasteiger partial charge in [-0.2, -0.15) is 0 Å². The van der Waals surface area contributed by atoms with E-state index >= 15 is 0 Å². The van der Waals surface area contributed by atoms with Gasteiger partial charge in [-0.25, -0.2) is 0 Å². The smallest absolute Gasteiger partial charge is 0.240 e. The number of nitrogens with one attached hydrogen (secondary N) is 2. The molecule has 1 amide bonds. The summed E-state index contributed by atoms with van der Waals surface area (Å²) in [5.74, 6) is 2.11. The van der Waals surface area contributed by atoms with Crippen molar-refractivity contribution < 1.29 is 4.79 Å². The first kappa shape index (κ1) is 17.3. The molecule has 4 nitrogen and oxygen atoms in total. The minimum Gasteiger partial charge on any atom is -0.338 e. The number of hydrogen-bond acceptors (Lipinski definition) is 4. The Morgan fingerprint density at radius 2 is 1.82 bits per heavy atom. The van der Waals surface area contributed by atoms with Gasteiger partial charge in [0.1, 0.15) is 0 Å². The molecule has 17 heavy (non-hydrogen) atoms. The van der Waals surface area contributed by atoms with Gasteiger partial charge in [-0.15, -0.1) is 36.6 Å². The fourth-order valence-corrected chi connectivity index (χ4v) is 3.21. The summed E-state index contributed by atoms with van der Waals surface area (Å²) in [6.45, 7) is 5.94. The summed E-state index contributed by atoms with van der Waals surface area (Å²) in [4.78, 5) is 14.1. The van der Waals surface area contributed by atoms with Crippen molar-refractivity contribution in [3.05, 3.63) is 0 Å². The molecule has 2 aliphatic rings. The number of nitrogens with zero attached hydrogens (tertiary/aromatic N) is 1. The van der Waals surface area contributed by atoms with E-state index in [0.717, 1.165) is 24.7 Å². The molecule has 7 heteroatoms. The lowest BCUT2D eigenvalue weighted by Crippen LogP contribution is -2.58. The number of carbonyl (C=O) groups excluding carboxylic acids is 1. The van der Waals surface area contributed by atoms with Crippen LogP contribution in [0.25, 0.3) is 0 Å². The fraction of sp³-hybridized carbons (Fsp3) is 0.900. The van der Waals surface area contributed by atoms with Gasteiger partial charge in [-0.1, -0.05) is 0 Å². The van der Waals surface area contributed by atoms with Gasteiger partial charge in [-0.3, -0.25) is 10.1 Å². The predicted molar refractivity (Wildman–Crippen MR) is 77.4 cm³/mol. The molecular weight excluding hydrogens is 281 g/mol. The van der Waals surface area contributed by atoms with Crippen LogP contribution in [0.1, 0.15) is 13.8 Å². The van der Waals surface area contributed by atoms with E-state index in [9.17, 15) is 4.79 Å². The lowest BCUT2D eigenvalue weighted by Gasteiger charge is -2.37. The molecule has 2 heterocycles. The minimum absolute atomic E-state index is 0. The van der Waals surface area contributed by atoms with Gasteiger partial charge >= 0.3 is 0 Å². The van der Waals surface area contributed by atoms with Crippen LogP contribution in [0.2, 0.25) is 0 Å². The number of amides is 1. The molecule has 102 valence electrons. The first-order chi connectivity index (χ1) is 7.16. The Hall–Kier alpha value is 0.320. The van der Waals surface area contributed by atoms with Crippen LogP contribution in [0, 0.1) is 0 Å². The molecule has 0 radical (unpaired) electrons. The molecule has 3 unspecified atom stereocenters. The zero-order valence-electron chi connectivity index (χ0n) is 10.1. The highest BCUT2D eigenvalue weighted by atomic mass is 35.5. The van der Waals surface area contributed by atoms with E-state index in [1.165, 1.54) is 0 Å². The molecular formula is C10H21Cl2N3OS. The van der Waals surface area contributed by atoms with Crippen LogP contribution in [-0.2, 0) is 4.79 Å². The largest absolute Gasteiger partial charge is 0.338 e. The van der Waals surface area contributed by atoms with Crippen molar-refractivity contribution in [3.8, 4) is 0 Å². The average Bonchev–Trinajstić information content (AvgIpc) is 2.67. The maximum Gasteiger partial charge on any atom is 0.240 e. The first-order valence-corrected chi connectivity index (χ1v) is 6.68. The molecule has 3 atom stereocenters. The zero-order chi connectivity index (χ0) is 10.8. The minimum atomic E-state index is 0. The van der Waals surface area contributed by atoms with Crippen LogP contribution >= 0.6 is 36.6 Å². The van der Waals surface area contributed by atoms with E-state index in [0.29, 0.717) is 12.1 Å². The maximum atomic E-state index is 12.1. The molecule has 2 aliphatic heterocycles. The molecule has 0 saturated carbocycles. The molecule has 0 spiro atoms. The molecule has 0 aromatic heterocycles. The summed E-state index contributed by atoms with van der Waals surface area (Å²) in [5, 5.41) is 6.67. The number of hydrogen-bond donors (Lipinski definition) is 2. The van der Waals surface area contributed by atoms with Crippen molar-refractivity contribution in [2.24, 2.45) is 0 Å². The van der Waals surface area contributed by atoms with Crippen molar-refractivity contribution in [1.29, 1.82) is 0 Å². The van der Waals surface area contributed by atoms with Crippen LogP contribution in [0.5, 0.6) is 0 Å². The summed E-state index contributed by atoms with van der Waals surface area (Å²) in [6.07, 6.45) is 0. The van der Waals surface area contributed by atoms with Crippen LogP contribution in [0.4, 0.5) is 0 Å². The SMILES string of the molecule is CC1CN(C(=O)C2CSCN2)CC(C)N1.Cl.Cl. The highest BCUT2D eigenvalue weighted by Crippen LogP contribution is 2.14. The van der Waals surface area contributed by atoms with Gasteiger partial charge < -0.3 is 10.2 Å². The Balaban J connectivity index is 0.00000128. The second-order valence-corrected chi connectivity index (χ2v) is 5.51. The van der Waals surface area contributed by atoms with Gasteiger partial charge in [-0.05, 0) is 13.8 Å². The third-order valence-corrected chi connectivity index (χ3v) is 3.82. The van der Waals surface area contributed by atoms with E-state index in [-0.39, 0.29) is 36.8 Å². The Labute approximate surface area is 119 Å². The Bertz CT molecular complexity index is 242. The Kier molecular flexibility index (Phi) is 7.83. The van der Waals surface area contributed by atoms with E-state index in [4.69, 9.17) is 0 Å². The summed E-state index contributed by atoms with van der Waals surface area (Å²) < 4.78 is 0. The van der Waals surface area contributed by atoms with Crippen molar-refractivity contribution in [1.82, 2.24) is 15.5 Å². The van der Waals surface area contributed by atoms with Crippen LogP contribution in [0.15, 0.2) is 0 Å². The summed E-state index contributed by atoms with van der Waals surface area (Å²) in [7, 11) is 0. The number of piperazine rings is 1. The van der Waals surface area contributed by atoms with Gasteiger partial charge in [0.05, 0.1) is 6.04 Å². The number of rotatable bonds is 1. The van der Waals surface area contributed by atoms with Crippen molar-refractivity contribution in [2.45, 2.75) is 32.0 Å². The second kappa shape index (κ2) is 7.69. The van der Waals surface area contributed by atoms with Crippen LogP contribution < -0.4 is 10.6 Å². The summed E-state index contributed by atoms with van der Waals surface area (Å²) in [5.41, 5.74) is 0. The molecule has 0 aliphatic carbocycles. The monoisotopic (exact) mass is 301 g/mol. The van der Waals surface area contributed by atoms with E-state index in [1.807, 2.05) is 4.90 Å². The average molecular weight is 302 g/mol. The number of halogens is 2. The van der Waals surface area contributed by atoms with Gasteiger partial charge in [0.25, 0.3) is 0 Å². The second-order valence-electron chi connectivity index (χ2n) is 4.48. The molecule has 2 rings (SSSR count). The van der Waals surface area contributed by atoms with Crippen molar-refractivity contribution >= 4 is 42.5 Å². The standard InChI is InChI=1S/C10H19N3OS.2ClH/c1-7-3-13(4-8(2)12-7)10(14)9-5-15-6-11-9;;/h7-9,11-12H,3-6H2,1-2H3;2*1H.